The summed E-state index contributed by atoms with van der Waals surface area (Å²) in [4.78, 5) is 28.2. The number of hydrogen-bond donors (Lipinski definition) is 0. The number of morpholine rings is 1. The molecule has 2 saturated heterocycles. The van der Waals surface area contributed by atoms with Gasteiger partial charge in [0.2, 0.25) is 0 Å². The van der Waals surface area contributed by atoms with Crippen molar-refractivity contribution in [2.75, 3.05) is 19.8 Å². The average molecular weight is 556 g/mol. The molecule has 0 aromatic heterocycles. The highest BCUT2D eigenvalue weighted by atomic mass is 19.4. The molecule has 10 heteroatoms. The number of nitrogens with zero attached hydrogens (tertiary/aromatic N) is 1. The molecule has 6 rings (SSSR count). The van der Waals surface area contributed by atoms with Gasteiger partial charge < -0.3 is 14.2 Å². The van der Waals surface area contributed by atoms with Crippen molar-refractivity contribution in [2.45, 2.75) is 37.2 Å². The molecule has 3 aliphatic rings. The number of halogens is 4. The third-order valence-electron chi connectivity index (χ3n) is 7.88. The summed E-state index contributed by atoms with van der Waals surface area (Å²) < 4.78 is 66.8. The summed E-state index contributed by atoms with van der Waals surface area (Å²) in [7, 11) is 0. The van der Waals surface area contributed by atoms with Crippen molar-refractivity contribution in [3.63, 3.8) is 0 Å². The summed E-state index contributed by atoms with van der Waals surface area (Å²) in [6, 6.07) is 17.9. The van der Waals surface area contributed by atoms with Crippen LogP contribution in [-0.4, -0.2) is 55.0 Å². The lowest BCUT2D eigenvalue weighted by atomic mass is 9.81. The van der Waals surface area contributed by atoms with Crippen LogP contribution >= 0.6 is 0 Å². The predicted octanol–water partition coefficient (Wildman–Crippen LogP) is 6.34. The SMILES string of the molecule is O=C(c1ccc(OC(F)(F)F)c(F)c1)C1CC2COCC(C1)N2C(=O)OCC1c2ccccc2-c2ccccc21. The van der Waals surface area contributed by atoms with E-state index >= 15 is 0 Å². The molecule has 2 atom stereocenters. The molecule has 208 valence electrons. The Bertz CT molecular complexity index is 1400. The van der Waals surface area contributed by atoms with Gasteiger partial charge in [0, 0.05) is 17.4 Å². The average Bonchev–Trinajstić information content (AvgIpc) is 3.24. The van der Waals surface area contributed by atoms with Crippen LogP contribution in [0.3, 0.4) is 0 Å². The summed E-state index contributed by atoms with van der Waals surface area (Å²) >= 11 is 0. The van der Waals surface area contributed by atoms with Crippen LogP contribution in [0.4, 0.5) is 22.4 Å². The van der Waals surface area contributed by atoms with E-state index in [1.165, 1.54) is 0 Å². The number of rotatable bonds is 5. The minimum absolute atomic E-state index is 0.0504. The van der Waals surface area contributed by atoms with E-state index in [4.69, 9.17) is 9.47 Å². The first-order chi connectivity index (χ1) is 19.2. The third kappa shape index (κ3) is 4.92. The van der Waals surface area contributed by atoms with E-state index in [2.05, 4.69) is 16.9 Å². The Morgan fingerprint density at radius 1 is 0.900 bits per heavy atom. The lowest BCUT2D eigenvalue weighted by molar-refractivity contribution is -0.275. The second-order valence-electron chi connectivity index (χ2n) is 10.3. The van der Waals surface area contributed by atoms with Crippen molar-refractivity contribution < 1.29 is 41.4 Å². The van der Waals surface area contributed by atoms with Crippen LogP contribution in [0.15, 0.2) is 66.7 Å². The predicted molar refractivity (Wildman–Crippen MR) is 135 cm³/mol. The molecular weight excluding hydrogens is 530 g/mol. The quantitative estimate of drug-likeness (QED) is 0.272. The Morgan fingerprint density at radius 2 is 1.50 bits per heavy atom. The number of carbonyl (C=O) groups excluding carboxylic acids is 2. The molecular formula is C30H25F4NO5. The van der Waals surface area contributed by atoms with E-state index in [9.17, 15) is 27.2 Å². The Kier molecular flexibility index (Phi) is 6.74. The van der Waals surface area contributed by atoms with Gasteiger partial charge in [0.15, 0.2) is 17.3 Å². The zero-order valence-corrected chi connectivity index (χ0v) is 21.2. The number of carbonyl (C=O) groups is 2. The van der Waals surface area contributed by atoms with Crippen LogP contribution in [0.25, 0.3) is 11.1 Å². The molecule has 0 radical (unpaired) electrons. The molecule has 0 N–H and O–H groups in total. The van der Waals surface area contributed by atoms with Gasteiger partial charge in [-0.15, -0.1) is 13.2 Å². The van der Waals surface area contributed by atoms with Crippen LogP contribution < -0.4 is 4.74 Å². The Labute approximate surface area is 227 Å². The third-order valence-corrected chi connectivity index (χ3v) is 7.88. The summed E-state index contributed by atoms with van der Waals surface area (Å²) in [5, 5.41) is 0. The molecule has 3 aromatic carbocycles. The molecule has 1 amide bonds. The number of hydrogen-bond acceptors (Lipinski definition) is 5. The largest absolute Gasteiger partial charge is 0.573 e. The molecule has 2 fully saturated rings. The maximum atomic E-state index is 14.2. The van der Waals surface area contributed by atoms with Crippen LogP contribution in [0, 0.1) is 11.7 Å². The summed E-state index contributed by atoms with van der Waals surface area (Å²) in [6.45, 7) is 0.603. The fourth-order valence-electron chi connectivity index (χ4n) is 6.19. The van der Waals surface area contributed by atoms with Gasteiger partial charge in [0.05, 0.1) is 25.3 Å². The number of Topliss-reactive ketones (excluding diaryl/α,β-unsaturated/α-hetero) is 1. The van der Waals surface area contributed by atoms with E-state index in [1.807, 2.05) is 36.4 Å². The number of piperidine rings is 1. The monoisotopic (exact) mass is 555 g/mol. The molecule has 3 aromatic rings. The second kappa shape index (κ2) is 10.2. The zero-order valence-electron chi connectivity index (χ0n) is 21.2. The summed E-state index contributed by atoms with van der Waals surface area (Å²) in [6.07, 6.45) is -4.99. The molecule has 6 nitrogen and oxygen atoms in total. The Hall–Kier alpha value is -3.92. The van der Waals surface area contributed by atoms with E-state index in [0.717, 1.165) is 40.5 Å². The van der Waals surface area contributed by atoms with Crippen molar-refractivity contribution in [2.24, 2.45) is 5.92 Å². The molecule has 1 aliphatic carbocycles. The zero-order chi connectivity index (χ0) is 28.0. The first kappa shape index (κ1) is 26.3. The van der Waals surface area contributed by atoms with Crippen molar-refractivity contribution in [3.8, 4) is 16.9 Å². The van der Waals surface area contributed by atoms with Crippen molar-refractivity contribution in [1.82, 2.24) is 4.90 Å². The standard InChI is InChI=1S/C30H25F4NO5/c31-26-13-17(9-10-27(26)40-30(32,33)34)28(36)18-11-19-14-38-15-20(12-18)35(19)29(37)39-16-25-23-7-3-1-5-21(23)22-6-2-4-8-24(22)25/h1-10,13,18-20,25H,11-12,14-16H2. The first-order valence-corrected chi connectivity index (χ1v) is 13.0. The molecule has 2 bridgehead atoms. The van der Waals surface area contributed by atoms with Crippen LogP contribution in [0.2, 0.25) is 0 Å². The van der Waals surface area contributed by atoms with Gasteiger partial charge >= 0.3 is 12.5 Å². The van der Waals surface area contributed by atoms with Gasteiger partial charge in [-0.05, 0) is 53.3 Å². The highest BCUT2D eigenvalue weighted by Crippen LogP contribution is 2.45. The highest BCUT2D eigenvalue weighted by Gasteiger charge is 2.45. The number of fused-ring (bicyclic) bond motifs is 5. The van der Waals surface area contributed by atoms with E-state index in [-0.39, 0.29) is 44.1 Å². The minimum Gasteiger partial charge on any atom is -0.448 e. The number of amides is 1. The first-order valence-electron chi connectivity index (χ1n) is 13.0. The van der Waals surface area contributed by atoms with Crippen molar-refractivity contribution >= 4 is 11.9 Å². The Morgan fingerprint density at radius 3 is 2.08 bits per heavy atom. The lowest BCUT2D eigenvalue weighted by Crippen LogP contribution is -2.60. The van der Waals surface area contributed by atoms with E-state index in [1.54, 1.807) is 4.90 Å². The maximum Gasteiger partial charge on any atom is 0.573 e. The van der Waals surface area contributed by atoms with E-state index < -0.39 is 47.8 Å². The van der Waals surface area contributed by atoms with Crippen LogP contribution in [0.1, 0.15) is 40.2 Å². The second-order valence-corrected chi connectivity index (χ2v) is 10.3. The van der Waals surface area contributed by atoms with Gasteiger partial charge in [-0.3, -0.25) is 9.69 Å². The Balaban J connectivity index is 1.14. The molecule has 2 unspecified atom stereocenters. The van der Waals surface area contributed by atoms with Gasteiger partial charge in [-0.25, -0.2) is 9.18 Å². The topological polar surface area (TPSA) is 65.1 Å². The summed E-state index contributed by atoms with van der Waals surface area (Å²) in [5.74, 6) is -3.32. The van der Waals surface area contributed by atoms with Gasteiger partial charge in [0.25, 0.3) is 0 Å². The molecule has 40 heavy (non-hydrogen) atoms. The van der Waals surface area contributed by atoms with Gasteiger partial charge in [0.1, 0.15) is 6.61 Å². The van der Waals surface area contributed by atoms with E-state index in [0.29, 0.717) is 0 Å². The van der Waals surface area contributed by atoms with Crippen molar-refractivity contribution in [3.05, 3.63) is 89.2 Å². The molecule has 0 spiro atoms. The number of ketones is 1. The molecule has 0 saturated carbocycles. The van der Waals surface area contributed by atoms with Gasteiger partial charge in [-0.1, -0.05) is 48.5 Å². The lowest BCUT2D eigenvalue weighted by Gasteiger charge is -2.47. The maximum absolute atomic E-state index is 14.2. The minimum atomic E-state index is -5.05. The number of ether oxygens (including phenoxy) is 3. The molecule has 2 heterocycles. The highest BCUT2D eigenvalue weighted by molar-refractivity contribution is 5.98. The normalized spacial score (nSPS) is 21.9. The fraction of sp³-hybridized carbons (Fsp3) is 0.333. The van der Waals surface area contributed by atoms with Crippen molar-refractivity contribution in [1.29, 1.82) is 0 Å². The molecule has 2 aliphatic heterocycles. The number of benzene rings is 3. The van der Waals surface area contributed by atoms with Gasteiger partial charge in [-0.2, -0.15) is 0 Å². The smallest absolute Gasteiger partial charge is 0.448 e. The fourth-order valence-corrected chi connectivity index (χ4v) is 6.19. The van der Waals surface area contributed by atoms with Crippen LogP contribution in [-0.2, 0) is 9.47 Å². The number of alkyl halides is 3. The summed E-state index contributed by atoms with van der Waals surface area (Å²) in [5.41, 5.74) is 4.40. The van der Waals surface area contributed by atoms with Crippen LogP contribution in [0.5, 0.6) is 5.75 Å².